The number of carbonyl (C=O) groups is 1. The van der Waals surface area contributed by atoms with Crippen molar-refractivity contribution in [1.82, 2.24) is 5.32 Å². The Hall–Kier alpha value is -1.99. The van der Waals surface area contributed by atoms with Crippen LogP contribution in [0.3, 0.4) is 0 Å². The number of rotatable bonds is 8. The highest BCUT2D eigenvalue weighted by atomic mass is 16.6. The number of primary amides is 1. The van der Waals surface area contributed by atoms with Crippen molar-refractivity contribution in [2.75, 3.05) is 19.8 Å². The lowest BCUT2D eigenvalue weighted by Gasteiger charge is -2.06. The summed E-state index contributed by atoms with van der Waals surface area (Å²) in [7, 11) is 0. The smallest absolute Gasteiger partial charge is 0.272 e. The van der Waals surface area contributed by atoms with Crippen molar-refractivity contribution in [1.29, 1.82) is 0 Å². The van der Waals surface area contributed by atoms with Gasteiger partial charge < -0.3 is 15.8 Å². The van der Waals surface area contributed by atoms with Gasteiger partial charge in [-0.2, -0.15) is 0 Å². The summed E-state index contributed by atoms with van der Waals surface area (Å²) in [4.78, 5) is 20.8. The molecule has 0 aliphatic carbocycles. The molecule has 0 bridgehead atoms. The number of amides is 1. The van der Waals surface area contributed by atoms with E-state index in [-0.39, 0.29) is 12.3 Å². The first-order valence-corrected chi connectivity index (χ1v) is 5.81. The molecule has 19 heavy (non-hydrogen) atoms. The number of nitrogens with one attached hydrogen (secondary N) is 1. The van der Waals surface area contributed by atoms with Gasteiger partial charge in [-0.25, -0.2) is 0 Å². The van der Waals surface area contributed by atoms with Gasteiger partial charge in [0.25, 0.3) is 5.69 Å². The molecule has 7 nitrogen and oxygen atoms in total. The van der Waals surface area contributed by atoms with Crippen LogP contribution < -0.4 is 11.1 Å². The van der Waals surface area contributed by atoms with E-state index in [2.05, 4.69) is 5.32 Å². The molecule has 7 heteroatoms. The van der Waals surface area contributed by atoms with E-state index in [9.17, 15) is 14.9 Å². The molecule has 0 unspecified atom stereocenters. The van der Waals surface area contributed by atoms with Crippen LogP contribution in [-0.2, 0) is 16.1 Å². The van der Waals surface area contributed by atoms with Gasteiger partial charge in [0.05, 0.1) is 11.5 Å². The highest BCUT2D eigenvalue weighted by Gasteiger charge is 2.10. The Morgan fingerprint density at radius 2 is 2.26 bits per heavy atom. The lowest BCUT2D eigenvalue weighted by Crippen LogP contribution is -2.23. The van der Waals surface area contributed by atoms with Gasteiger partial charge >= 0.3 is 0 Å². The largest absolute Gasteiger partial charge is 0.370 e. The summed E-state index contributed by atoms with van der Waals surface area (Å²) in [6.45, 7) is 3.00. The van der Waals surface area contributed by atoms with Gasteiger partial charge in [-0.15, -0.1) is 0 Å². The van der Waals surface area contributed by atoms with Crippen molar-refractivity contribution in [2.24, 2.45) is 5.73 Å². The molecule has 0 radical (unpaired) electrons. The molecule has 0 saturated heterocycles. The minimum Gasteiger partial charge on any atom is -0.370 e. The second kappa shape index (κ2) is 7.45. The van der Waals surface area contributed by atoms with E-state index in [1.807, 2.05) is 6.07 Å². The number of nitro benzene ring substituents is 1. The van der Waals surface area contributed by atoms with E-state index in [4.69, 9.17) is 10.5 Å². The quantitative estimate of drug-likeness (QED) is 0.405. The summed E-state index contributed by atoms with van der Waals surface area (Å²) in [5.41, 5.74) is 6.49. The number of nitrogens with two attached hydrogens (primary N) is 1. The number of benzene rings is 1. The van der Waals surface area contributed by atoms with Crippen LogP contribution in [0.15, 0.2) is 18.2 Å². The van der Waals surface area contributed by atoms with E-state index in [1.54, 1.807) is 19.1 Å². The Balaban J connectivity index is 2.35. The zero-order valence-electron chi connectivity index (χ0n) is 10.7. The average Bonchev–Trinajstić information content (AvgIpc) is 2.34. The third kappa shape index (κ3) is 5.45. The fourth-order valence-corrected chi connectivity index (χ4v) is 1.51. The molecule has 0 aliphatic rings. The number of aryl methyl sites for hydroxylation is 1. The summed E-state index contributed by atoms with van der Waals surface area (Å²) in [6.07, 6.45) is 0. The summed E-state index contributed by atoms with van der Waals surface area (Å²) in [5.74, 6) is -0.505. The first-order chi connectivity index (χ1) is 9.00. The second-order valence-electron chi connectivity index (χ2n) is 4.07. The molecule has 104 valence electrons. The molecule has 0 atom stereocenters. The van der Waals surface area contributed by atoms with Gasteiger partial charge in [-0.3, -0.25) is 14.9 Å². The number of nitrogens with zero attached hydrogens (tertiary/aromatic N) is 1. The van der Waals surface area contributed by atoms with E-state index < -0.39 is 10.8 Å². The van der Waals surface area contributed by atoms with Crippen LogP contribution in [0, 0.1) is 17.0 Å². The van der Waals surface area contributed by atoms with Gasteiger partial charge in [0.2, 0.25) is 5.91 Å². The van der Waals surface area contributed by atoms with Gasteiger partial charge in [0, 0.05) is 24.7 Å². The predicted molar refractivity (Wildman–Crippen MR) is 69.6 cm³/mol. The first-order valence-electron chi connectivity index (χ1n) is 5.81. The van der Waals surface area contributed by atoms with Crippen LogP contribution in [0.4, 0.5) is 5.69 Å². The summed E-state index contributed by atoms with van der Waals surface area (Å²) >= 11 is 0. The third-order valence-electron chi connectivity index (χ3n) is 2.47. The van der Waals surface area contributed by atoms with Crippen molar-refractivity contribution in [3.63, 3.8) is 0 Å². The van der Waals surface area contributed by atoms with Gasteiger partial charge in [0.1, 0.15) is 6.61 Å². The molecule has 0 aliphatic heterocycles. The molecule has 1 amide bonds. The molecule has 0 spiro atoms. The van der Waals surface area contributed by atoms with Crippen LogP contribution >= 0.6 is 0 Å². The van der Waals surface area contributed by atoms with Crippen LogP contribution in [-0.4, -0.2) is 30.6 Å². The minimum atomic E-state index is -0.505. The van der Waals surface area contributed by atoms with Crippen molar-refractivity contribution >= 4 is 11.6 Å². The summed E-state index contributed by atoms with van der Waals surface area (Å²) < 4.78 is 4.97. The molecule has 1 aromatic rings. The predicted octanol–water partition coefficient (Wildman–Crippen LogP) is 0.495. The Bertz CT molecular complexity index is 462. The Labute approximate surface area is 110 Å². The molecule has 3 N–H and O–H groups in total. The Kier molecular flexibility index (Phi) is 5.91. The summed E-state index contributed by atoms with van der Waals surface area (Å²) in [5, 5.41) is 13.8. The fourth-order valence-electron chi connectivity index (χ4n) is 1.51. The average molecular weight is 267 g/mol. The lowest BCUT2D eigenvalue weighted by atomic mass is 10.1. The number of hydrogen-bond acceptors (Lipinski definition) is 5. The second-order valence-corrected chi connectivity index (χ2v) is 4.07. The number of nitro groups is 1. The van der Waals surface area contributed by atoms with Crippen molar-refractivity contribution in [3.8, 4) is 0 Å². The molecule has 0 aromatic heterocycles. The van der Waals surface area contributed by atoms with Crippen LogP contribution in [0.25, 0.3) is 0 Å². The maximum Gasteiger partial charge on any atom is 0.272 e. The third-order valence-corrected chi connectivity index (χ3v) is 2.47. The van der Waals surface area contributed by atoms with Crippen LogP contribution in [0.1, 0.15) is 11.1 Å². The van der Waals surface area contributed by atoms with E-state index in [1.165, 1.54) is 0 Å². The van der Waals surface area contributed by atoms with E-state index in [0.717, 1.165) is 5.56 Å². The number of hydrogen-bond donors (Lipinski definition) is 2. The molecule has 0 heterocycles. The Morgan fingerprint density at radius 1 is 1.53 bits per heavy atom. The molecule has 0 saturated carbocycles. The normalized spacial score (nSPS) is 10.4. The van der Waals surface area contributed by atoms with Crippen LogP contribution in [0.5, 0.6) is 0 Å². The van der Waals surface area contributed by atoms with E-state index >= 15 is 0 Å². The van der Waals surface area contributed by atoms with E-state index in [0.29, 0.717) is 25.3 Å². The molecular weight excluding hydrogens is 250 g/mol. The number of carbonyl (C=O) groups excluding carboxylic acids is 1. The summed E-state index contributed by atoms with van der Waals surface area (Å²) in [6, 6.07) is 5.10. The molecule has 0 fully saturated rings. The number of ether oxygens (including phenoxy) is 1. The van der Waals surface area contributed by atoms with Crippen molar-refractivity contribution in [3.05, 3.63) is 39.4 Å². The van der Waals surface area contributed by atoms with Gasteiger partial charge in [-0.05, 0) is 12.5 Å². The SMILES string of the molecule is Cc1ccc(CNCCOCC(N)=O)cc1[N+](=O)[O-]. The topological polar surface area (TPSA) is 107 Å². The minimum absolute atomic E-state index is 0.0995. The van der Waals surface area contributed by atoms with Crippen molar-refractivity contribution in [2.45, 2.75) is 13.5 Å². The maximum absolute atomic E-state index is 10.8. The molecule has 1 rings (SSSR count). The Morgan fingerprint density at radius 3 is 2.89 bits per heavy atom. The maximum atomic E-state index is 10.8. The first kappa shape index (κ1) is 15.1. The fraction of sp³-hybridized carbons (Fsp3) is 0.417. The van der Waals surface area contributed by atoms with Gasteiger partial charge in [-0.1, -0.05) is 12.1 Å². The highest BCUT2D eigenvalue weighted by molar-refractivity contribution is 5.74. The van der Waals surface area contributed by atoms with Crippen LogP contribution in [0.2, 0.25) is 0 Å². The van der Waals surface area contributed by atoms with Crippen molar-refractivity contribution < 1.29 is 14.5 Å². The zero-order valence-corrected chi connectivity index (χ0v) is 10.7. The monoisotopic (exact) mass is 267 g/mol. The van der Waals surface area contributed by atoms with Gasteiger partial charge in [0.15, 0.2) is 0 Å². The zero-order chi connectivity index (χ0) is 14.3. The highest BCUT2D eigenvalue weighted by Crippen LogP contribution is 2.18. The lowest BCUT2D eigenvalue weighted by molar-refractivity contribution is -0.385. The molecule has 1 aromatic carbocycles. The standard InChI is InChI=1S/C12H17N3O4/c1-9-2-3-10(6-11(9)15(17)18)7-14-4-5-19-8-12(13)16/h2-3,6,14H,4-5,7-8H2,1H3,(H2,13,16). The molecular formula is C12H17N3O4.